The van der Waals surface area contributed by atoms with Gasteiger partial charge in [0.1, 0.15) is 11.4 Å². The van der Waals surface area contributed by atoms with Gasteiger partial charge in [0.25, 0.3) is 11.8 Å². The largest absolute Gasteiger partial charge is 0.375 e. The molecule has 7 aromatic rings. The van der Waals surface area contributed by atoms with Gasteiger partial charge in [0.05, 0.1) is 33.8 Å². The Kier molecular flexibility index (Phi) is 17.2. The van der Waals surface area contributed by atoms with E-state index >= 15 is 0 Å². The molecule has 0 saturated heterocycles. The van der Waals surface area contributed by atoms with Gasteiger partial charge in [-0.15, -0.1) is 35.1 Å². The fraction of sp³-hybridized carbons (Fsp3) is 0.319. The van der Waals surface area contributed by atoms with Gasteiger partial charge < -0.3 is 37.7 Å². The van der Waals surface area contributed by atoms with Crippen LogP contribution in [0.4, 0.5) is 22.2 Å². The normalized spacial score (nSPS) is 18.3. The molecule has 2 saturated carbocycles. The van der Waals surface area contributed by atoms with E-state index in [1.165, 1.54) is 33.8 Å². The number of nitrogens with one attached hydrogen (secondary N) is 5. The van der Waals surface area contributed by atoms with Crippen molar-refractivity contribution in [3.8, 4) is 11.3 Å². The van der Waals surface area contributed by atoms with E-state index in [-0.39, 0.29) is 63.2 Å². The van der Waals surface area contributed by atoms with Gasteiger partial charge in [-0.3, -0.25) is 9.59 Å². The zero-order valence-corrected chi connectivity index (χ0v) is 38.9. The minimum Gasteiger partial charge on any atom is -0.375 e. The highest BCUT2D eigenvalue weighted by Crippen LogP contribution is 2.36. The van der Waals surface area contributed by atoms with E-state index in [2.05, 4.69) is 64.4 Å². The van der Waals surface area contributed by atoms with Gasteiger partial charge >= 0.3 is 0 Å². The Morgan fingerprint density at radius 3 is 1.78 bits per heavy atom. The summed E-state index contributed by atoms with van der Waals surface area (Å²) in [7, 11) is 0. The number of benzene rings is 2. The van der Waals surface area contributed by atoms with Crippen molar-refractivity contribution in [2.75, 3.05) is 22.1 Å². The number of nitrogens with two attached hydrogens (primary N) is 2. The number of hydrogen-bond donors (Lipinski definition) is 7. The van der Waals surface area contributed by atoms with Gasteiger partial charge in [-0.05, 0) is 75.0 Å². The topological polar surface area (TPSA) is 227 Å². The lowest BCUT2D eigenvalue weighted by Gasteiger charge is -2.30. The average molecular weight is 1000 g/mol. The van der Waals surface area contributed by atoms with E-state index in [1.54, 1.807) is 23.2 Å². The molecule has 3 aliphatic carbocycles. The summed E-state index contributed by atoms with van der Waals surface area (Å²) in [5.41, 5.74) is 18.9. The van der Waals surface area contributed by atoms with E-state index in [4.69, 9.17) is 44.6 Å². The second-order valence-electron chi connectivity index (χ2n) is 16.0. The third kappa shape index (κ3) is 12.0. The molecular weight excluding hydrogens is 949 g/mol. The number of nitrogen functional groups attached to an aromatic ring is 2. The molecule has 3 aliphatic rings. The van der Waals surface area contributed by atoms with Crippen LogP contribution in [0.2, 0.25) is 10.0 Å². The number of aromatic amines is 1. The molecule has 0 unspecified atom stereocenters. The lowest BCUT2D eigenvalue weighted by atomic mass is 9.91. The Bertz CT molecular complexity index is 2850. The monoisotopic (exact) mass is 1000 g/mol. The number of H-pyrrole nitrogens is 1. The fourth-order valence-electron chi connectivity index (χ4n) is 8.60. The first kappa shape index (κ1) is 50.6. The number of carbonyl (C=O) groups excluding carboxylic acids is 2. The summed E-state index contributed by atoms with van der Waals surface area (Å²) in [5.74, 6) is 0.714. The SMILES string of the molecule is C.C.Cl.Nc1nc(C(=O)N[C@H]2CCC[C@@H](Nc3ncc(Cl)c(-c4c[nH]c5ccccc45)n3)C2)cs1.Nc1nc(C(=O)N[C@H]2CCC[C@@H](Nc3ncc(Cl)c(C4=CCc5ccccc54)n3)C2)cs1. The highest BCUT2D eigenvalue weighted by Gasteiger charge is 2.28. The number of aromatic nitrogens is 7. The molecule has 10 rings (SSSR count). The zero-order valence-electron chi connectivity index (χ0n) is 34.9. The maximum absolute atomic E-state index is 12.4. The molecule has 2 amide bonds. The molecule has 9 N–H and O–H groups in total. The van der Waals surface area contributed by atoms with E-state index in [0.717, 1.165) is 85.5 Å². The summed E-state index contributed by atoms with van der Waals surface area (Å²) >= 11 is 15.4. The standard InChI is InChI=1S/C23H23ClN6OS.C22H22ClN7OS.2CH4.ClH/c24-18-11-26-23(30-20(18)17-9-8-13-4-1-2-7-16(13)17)28-15-6-3-5-14(10-15)27-21(31)19-12-32-22(25)29-19;23-16-10-26-22(30-19(16)15-9-25-17-7-2-1-6-14(15)17)28-13-5-3-4-12(8-13)27-20(31)18-11-32-21(24)29-18;;;/h1-2,4,7,9,11-12,14-15H,3,5-6,8,10H2,(H2,25,29)(H,27,31)(H,26,28,30);1-2,6-7,9-13,25H,3-5,8H2,(H2,24,29)(H,27,31)(H,26,28,30);2*1H4;1H/t14-,15+;12-,13+;;;/m00.../s1. The van der Waals surface area contributed by atoms with Gasteiger partial charge in [-0.2, -0.15) is 0 Å². The van der Waals surface area contributed by atoms with Gasteiger partial charge in [0, 0.05) is 63.2 Å². The van der Waals surface area contributed by atoms with Crippen molar-refractivity contribution in [2.45, 2.75) is 96.8 Å². The number of halogens is 3. The predicted molar refractivity (Wildman–Crippen MR) is 277 cm³/mol. The number of para-hydroxylation sites is 1. The average Bonchev–Trinajstić information content (AvgIpc) is 4.13. The summed E-state index contributed by atoms with van der Waals surface area (Å²) in [5, 5.41) is 19.3. The van der Waals surface area contributed by atoms with Crippen LogP contribution in [0.5, 0.6) is 0 Å². The first-order valence-corrected chi connectivity index (χ1v) is 23.6. The Balaban J connectivity index is 0.000000212. The van der Waals surface area contributed by atoms with Crippen LogP contribution in [-0.4, -0.2) is 70.9 Å². The molecule has 15 nitrogen and oxygen atoms in total. The Labute approximate surface area is 413 Å². The summed E-state index contributed by atoms with van der Waals surface area (Å²) in [6.07, 6.45) is 15.6. The lowest BCUT2D eigenvalue weighted by Crippen LogP contribution is -2.42. The molecule has 20 heteroatoms. The van der Waals surface area contributed by atoms with Crippen LogP contribution in [0.15, 0.2) is 84.0 Å². The maximum atomic E-state index is 12.4. The minimum absolute atomic E-state index is 0. The van der Waals surface area contributed by atoms with E-state index in [1.807, 2.05) is 42.6 Å². The first-order chi connectivity index (χ1) is 31.1. The summed E-state index contributed by atoms with van der Waals surface area (Å²) in [6.45, 7) is 0. The zero-order chi connectivity index (χ0) is 44.2. The second kappa shape index (κ2) is 22.8. The maximum Gasteiger partial charge on any atom is 0.271 e. The van der Waals surface area contributed by atoms with Gasteiger partial charge in [-0.1, -0.05) is 86.6 Å². The molecule has 0 bridgehead atoms. The first-order valence-electron chi connectivity index (χ1n) is 21.1. The predicted octanol–water partition coefficient (Wildman–Crippen LogP) is 10.5. The van der Waals surface area contributed by atoms with Gasteiger partial charge in [0.2, 0.25) is 11.9 Å². The highest BCUT2D eigenvalue weighted by atomic mass is 35.5. The van der Waals surface area contributed by atoms with Crippen LogP contribution >= 0.6 is 58.3 Å². The number of carbonyl (C=O) groups is 2. The molecule has 5 aromatic heterocycles. The smallest absolute Gasteiger partial charge is 0.271 e. The van der Waals surface area contributed by atoms with Crippen molar-refractivity contribution in [3.05, 3.63) is 122 Å². The van der Waals surface area contributed by atoms with Gasteiger partial charge in [-0.25, -0.2) is 29.9 Å². The molecule has 2 aromatic carbocycles. The fourth-order valence-corrected chi connectivity index (χ4v) is 10.1. The van der Waals surface area contributed by atoms with Crippen molar-refractivity contribution in [2.24, 2.45) is 0 Å². The van der Waals surface area contributed by atoms with E-state index in [0.29, 0.717) is 49.3 Å². The van der Waals surface area contributed by atoms with Crippen LogP contribution in [0.25, 0.3) is 27.7 Å². The third-order valence-electron chi connectivity index (χ3n) is 11.6. The highest BCUT2D eigenvalue weighted by molar-refractivity contribution is 7.14. The number of anilines is 4. The Morgan fingerprint density at radius 1 is 0.672 bits per heavy atom. The summed E-state index contributed by atoms with van der Waals surface area (Å²) in [6, 6.07) is 16.8. The van der Waals surface area contributed by atoms with Crippen molar-refractivity contribution < 1.29 is 9.59 Å². The third-order valence-corrected chi connectivity index (χ3v) is 13.5. The van der Waals surface area contributed by atoms with Crippen molar-refractivity contribution in [1.82, 2.24) is 45.5 Å². The quantitative estimate of drug-likeness (QED) is 0.0679. The van der Waals surface area contributed by atoms with Crippen molar-refractivity contribution in [1.29, 1.82) is 0 Å². The number of thiazole rings is 2. The molecule has 67 heavy (non-hydrogen) atoms. The summed E-state index contributed by atoms with van der Waals surface area (Å²) in [4.78, 5) is 54.5. The van der Waals surface area contributed by atoms with E-state index in [9.17, 15) is 9.59 Å². The number of rotatable bonds is 10. The van der Waals surface area contributed by atoms with Crippen molar-refractivity contribution >= 4 is 109 Å². The summed E-state index contributed by atoms with van der Waals surface area (Å²) < 4.78 is 0. The second-order valence-corrected chi connectivity index (χ2v) is 18.6. The van der Waals surface area contributed by atoms with Crippen LogP contribution in [0.3, 0.4) is 0 Å². The van der Waals surface area contributed by atoms with Crippen LogP contribution < -0.4 is 32.7 Å². The van der Waals surface area contributed by atoms with Crippen LogP contribution in [0, 0.1) is 0 Å². The number of hydrogen-bond acceptors (Lipinski definition) is 14. The Hall–Kier alpha value is -5.85. The number of amides is 2. The molecule has 0 aliphatic heterocycles. The number of allylic oxidation sites excluding steroid dienone is 1. The molecule has 0 spiro atoms. The lowest BCUT2D eigenvalue weighted by molar-refractivity contribution is 0.0913. The molecule has 352 valence electrons. The van der Waals surface area contributed by atoms with E-state index < -0.39 is 0 Å². The molecular formula is C47H54Cl3N13O2S2. The molecule has 5 heterocycles. The molecule has 4 atom stereocenters. The molecule has 2 fully saturated rings. The van der Waals surface area contributed by atoms with Crippen molar-refractivity contribution in [3.63, 3.8) is 0 Å². The number of fused-ring (bicyclic) bond motifs is 2. The minimum atomic E-state index is -0.187. The Morgan fingerprint density at radius 2 is 1.19 bits per heavy atom. The number of nitrogens with zero attached hydrogens (tertiary/aromatic N) is 6. The molecule has 0 radical (unpaired) electrons. The van der Waals surface area contributed by atoms with Crippen LogP contribution in [-0.2, 0) is 6.42 Å². The van der Waals surface area contributed by atoms with Crippen LogP contribution in [0.1, 0.15) is 104 Å². The van der Waals surface area contributed by atoms with Gasteiger partial charge in [0.15, 0.2) is 10.3 Å².